The first-order chi connectivity index (χ1) is 14.1. The van der Waals surface area contributed by atoms with E-state index in [1.165, 1.54) is 11.3 Å². The number of hydrogen-bond donors (Lipinski definition) is 1. The van der Waals surface area contributed by atoms with Crippen molar-refractivity contribution in [1.82, 2.24) is 15.2 Å². The second-order valence-corrected chi connectivity index (χ2v) is 8.35. The lowest BCUT2D eigenvalue weighted by atomic mass is 10.2. The lowest BCUT2D eigenvalue weighted by Crippen LogP contribution is -2.49. The van der Waals surface area contributed by atoms with Crippen LogP contribution in [0.2, 0.25) is 0 Å². The minimum atomic E-state index is -0.128. The van der Waals surface area contributed by atoms with Crippen molar-refractivity contribution in [3.8, 4) is 0 Å². The molecule has 2 amide bonds. The van der Waals surface area contributed by atoms with E-state index in [4.69, 9.17) is 4.74 Å². The predicted octanol–water partition coefficient (Wildman–Crippen LogP) is 2.32. The maximum Gasteiger partial charge on any atom is 0.264 e. The summed E-state index contributed by atoms with van der Waals surface area (Å²) in [5.41, 5.74) is 1.59. The largest absolute Gasteiger partial charge is 0.376 e. The fraction of sp³-hybridized carbons (Fsp3) is 0.476. The van der Waals surface area contributed by atoms with Crippen LogP contribution in [0.5, 0.6) is 0 Å². The summed E-state index contributed by atoms with van der Waals surface area (Å²) in [6.45, 7) is 5.80. The summed E-state index contributed by atoms with van der Waals surface area (Å²) < 4.78 is 5.58. The van der Waals surface area contributed by atoms with Crippen molar-refractivity contribution < 1.29 is 14.3 Å². The number of carbonyl (C=O) groups excluding carboxylic acids is 2. The van der Waals surface area contributed by atoms with Gasteiger partial charge in [-0.15, -0.1) is 11.3 Å². The van der Waals surface area contributed by atoms with E-state index in [0.717, 1.165) is 29.9 Å². The van der Waals surface area contributed by atoms with Gasteiger partial charge >= 0.3 is 0 Å². The molecular weight excluding hydrogens is 388 g/mol. The molecule has 1 N–H and O–H groups in total. The topological polar surface area (TPSA) is 74.8 Å². The van der Waals surface area contributed by atoms with Crippen LogP contribution < -0.4 is 10.2 Å². The molecule has 154 valence electrons. The Kier molecular flexibility index (Phi) is 6.10. The molecule has 2 aromatic rings. The van der Waals surface area contributed by atoms with Crippen LogP contribution in [-0.4, -0.2) is 67.1 Å². The lowest BCUT2D eigenvalue weighted by molar-refractivity contribution is 0.0749. The van der Waals surface area contributed by atoms with E-state index in [1.54, 1.807) is 18.3 Å². The quantitative estimate of drug-likeness (QED) is 0.813. The van der Waals surface area contributed by atoms with Gasteiger partial charge in [0.1, 0.15) is 5.82 Å². The number of carbonyl (C=O) groups is 2. The third-order valence-electron chi connectivity index (χ3n) is 5.47. The van der Waals surface area contributed by atoms with Crippen molar-refractivity contribution in [3.63, 3.8) is 0 Å². The van der Waals surface area contributed by atoms with Gasteiger partial charge in [-0.2, -0.15) is 0 Å². The number of nitrogens with one attached hydrogen (secondary N) is 1. The molecule has 29 heavy (non-hydrogen) atoms. The molecule has 0 radical (unpaired) electrons. The minimum Gasteiger partial charge on any atom is -0.376 e. The normalized spacial score (nSPS) is 19.4. The number of rotatable bonds is 5. The molecule has 8 heteroatoms. The molecule has 0 bridgehead atoms. The zero-order chi connectivity index (χ0) is 20.2. The van der Waals surface area contributed by atoms with Gasteiger partial charge in [0.2, 0.25) is 0 Å². The summed E-state index contributed by atoms with van der Waals surface area (Å²) in [5.74, 6) is 0.640. The van der Waals surface area contributed by atoms with E-state index in [0.29, 0.717) is 44.1 Å². The maximum atomic E-state index is 12.7. The molecule has 2 saturated heterocycles. The fourth-order valence-corrected chi connectivity index (χ4v) is 4.68. The van der Waals surface area contributed by atoms with Crippen LogP contribution in [0.25, 0.3) is 0 Å². The second-order valence-electron chi connectivity index (χ2n) is 7.43. The van der Waals surface area contributed by atoms with Gasteiger partial charge in [-0.25, -0.2) is 4.98 Å². The van der Waals surface area contributed by atoms with Crippen molar-refractivity contribution in [2.24, 2.45) is 0 Å². The van der Waals surface area contributed by atoms with E-state index in [9.17, 15) is 9.59 Å². The molecule has 4 heterocycles. The average molecular weight is 415 g/mol. The predicted molar refractivity (Wildman–Crippen MR) is 113 cm³/mol. The number of amides is 2. The highest BCUT2D eigenvalue weighted by Crippen LogP contribution is 2.22. The minimum absolute atomic E-state index is 0.0905. The Labute approximate surface area is 174 Å². The SMILES string of the molecule is Cc1ccsc1C(=O)N1CCN(c2ncccc2C(=O)NC[C@H]2CCCO2)CC1. The van der Waals surface area contributed by atoms with Gasteiger partial charge in [0, 0.05) is 45.5 Å². The number of aromatic nitrogens is 1. The first kappa shape index (κ1) is 19.8. The monoisotopic (exact) mass is 414 g/mol. The summed E-state index contributed by atoms with van der Waals surface area (Å²) in [6.07, 6.45) is 3.85. The van der Waals surface area contributed by atoms with E-state index in [2.05, 4.69) is 15.2 Å². The molecular formula is C21H26N4O3S. The molecule has 7 nitrogen and oxygen atoms in total. The Hall–Kier alpha value is -2.45. The Balaban J connectivity index is 1.39. The van der Waals surface area contributed by atoms with E-state index in [1.807, 2.05) is 23.3 Å². The number of anilines is 1. The summed E-state index contributed by atoms with van der Waals surface area (Å²) in [6, 6.07) is 5.56. The summed E-state index contributed by atoms with van der Waals surface area (Å²) in [4.78, 5) is 34.7. The van der Waals surface area contributed by atoms with Gasteiger partial charge in [0.25, 0.3) is 11.8 Å². The molecule has 4 rings (SSSR count). The number of hydrogen-bond acceptors (Lipinski definition) is 6. The fourth-order valence-electron chi connectivity index (χ4n) is 3.79. The standard InChI is InChI=1S/C21H26N4O3S/c1-15-6-13-29-18(15)21(27)25-10-8-24(9-11-25)19-17(5-2-7-22-19)20(26)23-14-16-4-3-12-28-16/h2,5-7,13,16H,3-4,8-12,14H2,1H3,(H,23,26)/t16-/m1/s1. The molecule has 0 aromatic carbocycles. The van der Waals surface area contributed by atoms with E-state index >= 15 is 0 Å². The molecule has 0 spiro atoms. The third kappa shape index (κ3) is 4.43. The summed E-state index contributed by atoms with van der Waals surface area (Å²) in [5, 5.41) is 4.93. The van der Waals surface area contributed by atoms with Gasteiger partial charge in [-0.1, -0.05) is 0 Å². The molecule has 0 saturated carbocycles. The Bertz CT molecular complexity index is 870. The second kappa shape index (κ2) is 8.92. The first-order valence-corrected chi connectivity index (χ1v) is 10.9. The lowest BCUT2D eigenvalue weighted by Gasteiger charge is -2.36. The number of nitrogens with zero attached hydrogens (tertiary/aromatic N) is 3. The highest BCUT2D eigenvalue weighted by atomic mass is 32.1. The zero-order valence-electron chi connectivity index (χ0n) is 16.6. The molecule has 2 aliphatic rings. The van der Waals surface area contributed by atoms with E-state index < -0.39 is 0 Å². The van der Waals surface area contributed by atoms with Gasteiger partial charge in [0.05, 0.1) is 16.5 Å². The number of piperazine rings is 1. The smallest absolute Gasteiger partial charge is 0.264 e. The summed E-state index contributed by atoms with van der Waals surface area (Å²) >= 11 is 1.49. The Morgan fingerprint density at radius 2 is 2.10 bits per heavy atom. The van der Waals surface area contributed by atoms with Crippen LogP contribution in [0.1, 0.15) is 38.4 Å². The first-order valence-electron chi connectivity index (χ1n) is 10.1. The summed E-state index contributed by atoms with van der Waals surface area (Å²) in [7, 11) is 0. The van der Waals surface area contributed by atoms with Crippen LogP contribution in [0.3, 0.4) is 0 Å². The van der Waals surface area contributed by atoms with Crippen molar-refractivity contribution in [1.29, 1.82) is 0 Å². The van der Waals surface area contributed by atoms with Gasteiger partial charge in [-0.3, -0.25) is 9.59 Å². The third-order valence-corrected chi connectivity index (χ3v) is 6.47. The van der Waals surface area contributed by atoms with Crippen LogP contribution in [0.15, 0.2) is 29.8 Å². The number of thiophene rings is 1. The molecule has 0 aliphatic carbocycles. The number of pyridine rings is 1. The molecule has 0 unspecified atom stereocenters. The average Bonchev–Trinajstić information content (AvgIpc) is 3.43. The molecule has 2 fully saturated rings. The maximum absolute atomic E-state index is 12.7. The molecule has 2 aromatic heterocycles. The van der Waals surface area contributed by atoms with Crippen LogP contribution in [-0.2, 0) is 4.74 Å². The van der Waals surface area contributed by atoms with Crippen molar-refractivity contribution in [2.75, 3.05) is 44.2 Å². The number of aryl methyl sites for hydroxylation is 1. The zero-order valence-corrected chi connectivity index (χ0v) is 17.4. The Morgan fingerprint density at radius 3 is 2.79 bits per heavy atom. The van der Waals surface area contributed by atoms with Crippen molar-refractivity contribution >= 4 is 29.0 Å². The van der Waals surface area contributed by atoms with Gasteiger partial charge < -0.3 is 19.9 Å². The van der Waals surface area contributed by atoms with Crippen molar-refractivity contribution in [3.05, 3.63) is 45.8 Å². The van der Waals surface area contributed by atoms with Gasteiger partial charge in [-0.05, 0) is 48.9 Å². The van der Waals surface area contributed by atoms with E-state index in [-0.39, 0.29) is 17.9 Å². The van der Waals surface area contributed by atoms with Crippen LogP contribution in [0.4, 0.5) is 5.82 Å². The van der Waals surface area contributed by atoms with Crippen LogP contribution in [0, 0.1) is 6.92 Å². The number of ether oxygens (including phenoxy) is 1. The Morgan fingerprint density at radius 1 is 1.28 bits per heavy atom. The van der Waals surface area contributed by atoms with Gasteiger partial charge in [0.15, 0.2) is 0 Å². The highest BCUT2D eigenvalue weighted by Gasteiger charge is 2.27. The van der Waals surface area contributed by atoms with Crippen LogP contribution >= 0.6 is 11.3 Å². The van der Waals surface area contributed by atoms with Crippen molar-refractivity contribution in [2.45, 2.75) is 25.9 Å². The molecule has 1 atom stereocenters. The highest BCUT2D eigenvalue weighted by molar-refractivity contribution is 7.12. The molecule has 2 aliphatic heterocycles.